The predicted molar refractivity (Wildman–Crippen MR) is 126 cm³/mol. The third kappa shape index (κ3) is 13.1. The minimum atomic E-state index is 0.727. The molecule has 2 aromatic heterocycles. The highest BCUT2D eigenvalue weighted by atomic mass is 15.5. The molecule has 0 N–H and O–H groups in total. The standard InChI is InChI=1S/C24H43N7/c1-2-3-4-5-6-7-8-9-10-11-12-13-14-15-16-17-20-29(23-30-21-18-25-27-30)24-31-22-19-26-28-31/h9-10,18-19,21-22H,2-8,11-17,20,23-24H2,1H3. The minimum absolute atomic E-state index is 0.727. The first-order valence-corrected chi connectivity index (χ1v) is 12.4. The van der Waals surface area contributed by atoms with E-state index in [1.165, 1.54) is 89.9 Å². The summed E-state index contributed by atoms with van der Waals surface area (Å²) in [7, 11) is 0. The summed E-state index contributed by atoms with van der Waals surface area (Å²) in [4.78, 5) is 2.33. The lowest BCUT2D eigenvalue weighted by molar-refractivity contribution is 0.147. The topological polar surface area (TPSA) is 64.7 Å². The van der Waals surface area contributed by atoms with Gasteiger partial charge in [0.15, 0.2) is 0 Å². The van der Waals surface area contributed by atoms with Crippen LogP contribution in [-0.4, -0.2) is 41.4 Å². The van der Waals surface area contributed by atoms with Crippen LogP contribution in [0.4, 0.5) is 0 Å². The zero-order valence-corrected chi connectivity index (χ0v) is 19.6. The van der Waals surface area contributed by atoms with Gasteiger partial charge in [0.25, 0.3) is 0 Å². The molecule has 0 aliphatic carbocycles. The second kappa shape index (κ2) is 17.6. The van der Waals surface area contributed by atoms with Crippen LogP contribution in [0.1, 0.15) is 96.8 Å². The Morgan fingerprint density at radius 1 is 0.645 bits per heavy atom. The molecule has 7 heteroatoms. The van der Waals surface area contributed by atoms with Crippen LogP contribution in [0.2, 0.25) is 0 Å². The van der Waals surface area contributed by atoms with Gasteiger partial charge in [0.2, 0.25) is 0 Å². The summed E-state index contributed by atoms with van der Waals surface area (Å²) in [5, 5.41) is 16.0. The van der Waals surface area contributed by atoms with E-state index in [-0.39, 0.29) is 0 Å². The number of allylic oxidation sites excluding steroid dienone is 2. The first-order valence-electron chi connectivity index (χ1n) is 12.4. The van der Waals surface area contributed by atoms with Crippen LogP contribution in [0.15, 0.2) is 36.9 Å². The van der Waals surface area contributed by atoms with Crippen molar-refractivity contribution in [2.45, 2.75) is 110 Å². The molecule has 0 atom stereocenters. The summed E-state index contributed by atoms with van der Waals surface area (Å²) in [5.74, 6) is 0. The van der Waals surface area contributed by atoms with Crippen LogP contribution in [0, 0.1) is 0 Å². The molecule has 0 radical (unpaired) electrons. The Hall–Kier alpha value is -2.02. The summed E-state index contributed by atoms with van der Waals surface area (Å²) < 4.78 is 3.72. The summed E-state index contributed by atoms with van der Waals surface area (Å²) in [6, 6.07) is 0. The zero-order valence-electron chi connectivity index (χ0n) is 19.6. The van der Waals surface area contributed by atoms with E-state index in [9.17, 15) is 0 Å². The maximum absolute atomic E-state index is 4.08. The third-order valence-corrected chi connectivity index (χ3v) is 5.62. The van der Waals surface area contributed by atoms with Gasteiger partial charge < -0.3 is 0 Å². The Bertz CT molecular complexity index is 601. The van der Waals surface area contributed by atoms with E-state index in [0.29, 0.717) is 0 Å². The molecule has 0 saturated heterocycles. The molecule has 0 saturated carbocycles. The smallest absolute Gasteiger partial charge is 0.0961 e. The van der Waals surface area contributed by atoms with Crippen LogP contribution in [0.25, 0.3) is 0 Å². The first-order chi connectivity index (χ1) is 15.4. The molecule has 174 valence electrons. The van der Waals surface area contributed by atoms with E-state index < -0.39 is 0 Å². The molecule has 0 unspecified atom stereocenters. The van der Waals surface area contributed by atoms with Crippen LogP contribution >= 0.6 is 0 Å². The van der Waals surface area contributed by atoms with Gasteiger partial charge in [-0.05, 0) is 32.1 Å². The molecule has 0 aromatic carbocycles. The molecule has 0 aliphatic heterocycles. The molecule has 0 amide bonds. The lowest BCUT2D eigenvalue weighted by Gasteiger charge is -2.21. The fraction of sp³-hybridized carbons (Fsp3) is 0.750. The molecule has 2 aromatic rings. The second-order valence-electron chi connectivity index (χ2n) is 8.50. The normalized spacial score (nSPS) is 11.8. The molecular weight excluding hydrogens is 386 g/mol. The molecule has 2 heterocycles. The lowest BCUT2D eigenvalue weighted by atomic mass is 10.1. The van der Waals surface area contributed by atoms with Crippen molar-refractivity contribution in [3.63, 3.8) is 0 Å². The predicted octanol–water partition coefficient (Wildman–Crippen LogP) is 5.82. The minimum Gasteiger partial charge on any atom is -0.265 e. The first kappa shape index (κ1) is 25.2. The van der Waals surface area contributed by atoms with Crippen LogP contribution in [-0.2, 0) is 13.3 Å². The van der Waals surface area contributed by atoms with E-state index >= 15 is 0 Å². The SMILES string of the molecule is CCCCCCCCC=CCCCCCCCCN(Cn1ccnn1)Cn1ccnn1. The van der Waals surface area contributed by atoms with E-state index in [1.807, 2.05) is 21.8 Å². The maximum Gasteiger partial charge on any atom is 0.0961 e. The molecule has 31 heavy (non-hydrogen) atoms. The van der Waals surface area contributed by atoms with Crippen molar-refractivity contribution in [3.05, 3.63) is 36.9 Å². The molecule has 2 rings (SSSR count). The van der Waals surface area contributed by atoms with Gasteiger partial charge >= 0.3 is 0 Å². The molecule has 0 bridgehead atoms. The Labute approximate surface area is 188 Å². The number of unbranched alkanes of at least 4 members (excludes halogenated alkanes) is 12. The Morgan fingerprint density at radius 2 is 1.13 bits per heavy atom. The van der Waals surface area contributed by atoms with Crippen molar-refractivity contribution < 1.29 is 0 Å². The van der Waals surface area contributed by atoms with E-state index in [1.54, 1.807) is 12.4 Å². The Morgan fingerprint density at radius 3 is 1.61 bits per heavy atom. The highest BCUT2D eigenvalue weighted by Gasteiger charge is 2.07. The number of hydrogen-bond acceptors (Lipinski definition) is 5. The number of rotatable bonds is 20. The van der Waals surface area contributed by atoms with Gasteiger partial charge in [0.05, 0.1) is 25.7 Å². The van der Waals surface area contributed by atoms with Crippen LogP contribution < -0.4 is 0 Å². The van der Waals surface area contributed by atoms with Crippen molar-refractivity contribution in [3.8, 4) is 0 Å². The van der Waals surface area contributed by atoms with Gasteiger partial charge in [-0.15, -0.1) is 10.2 Å². The maximum atomic E-state index is 4.08. The fourth-order valence-corrected chi connectivity index (χ4v) is 3.80. The summed E-state index contributed by atoms with van der Waals surface area (Å²) in [5.41, 5.74) is 0. The number of nitrogens with zero attached hydrogens (tertiary/aromatic N) is 7. The van der Waals surface area contributed by atoms with Gasteiger partial charge in [0.1, 0.15) is 0 Å². The zero-order chi connectivity index (χ0) is 21.8. The quantitative estimate of drug-likeness (QED) is 0.196. The summed E-state index contributed by atoms with van der Waals surface area (Å²) in [6.45, 7) is 4.76. The number of hydrogen-bond donors (Lipinski definition) is 0. The molecule has 7 nitrogen and oxygen atoms in total. The van der Waals surface area contributed by atoms with Gasteiger partial charge in [-0.25, -0.2) is 9.36 Å². The van der Waals surface area contributed by atoms with Crippen molar-refractivity contribution >= 4 is 0 Å². The summed E-state index contributed by atoms with van der Waals surface area (Å²) in [6.07, 6.45) is 30.7. The van der Waals surface area contributed by atoms with Crippen molar-refractivity contribution in [1.29, 1.82) is 0 Å². The van der Waals surface area contributed by atoms with Crippen molar-refractivity contribution in [2.24, 2.45) is 0 Å². The van der Waals surface area contributed by atoms with Crippen molar-refractivity contribution in [2.75, 3.05) is 6.54 Å². The Kier molecular flexibility index (Phi) is 14.4. The Balaban J connectivity index is 1.44. The summed E-state index contributed by atoms with van der Waals surface area (Å²) >= 11 is 0. The van der Waals surface area contributed by atoms with Gasteiger partial charge in [0, 0.05) is 18.9 Å². The average Bonchev–Trinajstić information content (AvgIpc) is 3.48. The van der Waals surface area contributed by atoms with Gasteiger partial charge in [-0.1, -0.05) is 87.3 Å². The highest BCUT2D eigenvalue weighted by Crippen LogP contribution is 2.10. The van der Waals surface area contributed by atoms with Crippen molar-refractivity contribution in [1.82, 2.24) is 34.9 Å². The average molecular weight is 430 g/mol. The van der Waals surface area contributed by atoms with Gasteiger partial charge in [-0.2, -0.15) is 0 Å². The molecule has 0 fully saturated rings. The van der Waals surface area contributed by atoms with E-state index in [0.717, 1.165) is 19.9 Å². The highest BCUT2D eigenvalue weighted by molar-refractivity contribution is 4.81. The van der Waals surface area contributed by atoms with Crippen LogP contribution in [0.3, 0.4) is 0 Å². The number of aromatic nitrogens is 6. The van der Waals surface area contributed by atoms with E-state index in [4.69, 9.17) is 0 Å². The molecule has 0 spiro atoms. The lowest BCUT2D eigenvalue weighted by Crippen LogP contribution is -2.30. The third-order valence-electron chi connectivity index (χ3n) is 5.62. The molecular formula is C24H43N7. The van der Waals surface area contributed by atoms with Crippen LogP contribution in [0.5, 0.6) is 0 Å². The van der Waals surface area contributed by atoms with Gasteiger partial charge in [-0.3, -0.25) is 4.90 Å². The second-order valence-corrected chi connectivity index (χ2v) is 8.50. The fourth-order valence-electron chi connectivity index (χ4n) is 3.80. The monoisotopic (exact) mass is 429 g/mol. The largest absolute Gasteiger partial charge is 0.265 e. The van der Waals surface area contributed by atoms with E-state index in [2.05, 4.69) is 44.6 Å². The molecule has 0 aliphatic rings.